The van der Waals surface area contributed by atoms with E-state index >= 15 is 0 Å². The van der Waals surface area contributed by atoms with Crippen molar-refractivity contribution in [2.75, 3.05) is 33.9 Å². The van der Waals surface area contributed by atoms with E-state index in [1.165, 1.54) is 20.3 Å². The van der Waals surface area contributed by atoms with Gasteiger partial charge in [-0.25, -0.2) is 8.42 Å². The Morgan fingerprint density at radius 1 is 1.00 bits per heavy atom. The van der Waals surface area contributed by atoms with E-state index in [9.17, 15) is 18.0 Å². The molecule has 0 saturated carbocycles. The summed E-state index contributed by atoms with van der Waals surface area (Å²) in [7, 11) is -1.11. The number of carbonyl (C=O) groups excluding carboxylic acids is 2. The molecule has 0 radical (unpaired) electrons. The Balaban J connectivity index is 1.78. The highest BCUT2D eigenvalue weighted by molar-refractivity contribution is 7.91. The lowest BCUT2D eigenvalue weighted by Crippen LogP contribution is -2.43. The van der Waals surface area contributed by atoms with Gasteiger partial charge in [-0.3, -0.25) is 14.5 Å². The first-order valence-electron chi connectivity index (χ1n) is 9.79. The van der Waals surface area contributed by atoms with Gasteiger partial charge in [-0.05, 0) is 42.7 Å². The van der Waals surface area contributed by atoms with Crippen LogP contribution in [0.2, 0.25) is 0 Å². The zero-order chi connectivity index (χ0) is 22.4. The highest BCUT2D eigenvalue weighted by Crippen LogP contribution is 2.32. The van der Waals surface area contributed by atoms with E-state index in [4.69, 9.17) is 14.2 Å². The van der Waals surface area contributed by atoms with Gasteiger partial charge in [0.05, 0.1) is 37.1 Å². The van der Waals surface area contributed by atoms with Crippen molar-refractivity contribution >= 4 is 21.8 Å². The van der Waals surface area contributed by atoms with Crippen molar-refractivity contribution in [1.82, 2.24) is 4.90 Å². The van der Waals surface area contributed by atoms with Crippen LogP contribution in [0.5, 0.6) is 5.75 Å². The first-order chi connectivity index (χ1) is 14.8. The molecule has 1 aliphatic heterocycles. The van der Waals surface area contributed by atoms with Crippen molar-refractivity contribution < 1.29 is 32.2 Å². The largest absolute Gasteiger partial charge is 0.489 e. The second-order valence-corrected chi connectivity index (χ2v) is 9.14. The van der Waals surface area contributed by atoms with Crippen molar-refractivity contribution in [3.8, 4) is 5.75 Å². The van der Waals surface area contributed by atoms with Crippen LogP contribution in [0.3, 0.4) is 0 Å². The summed E-state index contributed by atoms with van der Waals surface area (Å²) in [5.41, 5.74) is 0.913. The molecular weight excluding hydrogens is 422 g/mol. The number of carbonyl (C=O) groups is 2. The Morgan fingerprint density at radius 3 is 2.26 bits per heavy atom. The van der Waals surface area contributed by atoms with Gasteiger partial charge in [-0.2, -0.15) is 0 Å². The van der Waals surface area contributed by atoms with E-state index in [0.717, 1.165) is 5.56 Å². The fourth-order valence-electron chi connectivity index (χ4n) is 3.40. The van der Waals surface area contributed by atoms with Gasteiger partial charge in [-0.1, -0.05) is 24.3 Å². The summed E-state index contributed by atoms with van der Waals surface area (Å²) in [4.78, 5) is 25.4. The van der Waals surface area contributed by atoms with Crippen molar-refractivity contribution in [2.24, 2.45) is 0 Å². The molecule has 166 valence electrons. The van der Waals surface area contributed by atoms with Gasteiger partial charge in [0, 0.05) is 6.54 Å². The van der Waals surface area contributed by atoms with E-state index in [2.05, 4.69) is 0 Å². The Hall–Kier alpha value is -2.91. The maximum absolute atomic E-state index is 12.9. The van der Waals surface area contributed by atoms with Crippen molar-refractivity contribution in [2.45, 2.75) is 28.7 Å². The van der Waals surface area contributed by atoms with Crippen LogP contribution in [0, 0.1) is 0 Å². The third kappa shape index (κ3) is 5.62. The highest BCUT2D eigenvalue weighted by Gasteiger charge is 2.27. The number of rotatable bonds is 8. The molecule has 2 aromatic rings. The minimum absolute atomic E-state index is 0.0826. The van der Waals surface area contributed by atoms with Crippen LogP contribution in [0.1, 0.15) is 12.0 Å². The lowest BCUT2D eigenvalue weighted by atomic mass is 10.0. The third-order valence-electron chi connectivity index (χ3n) is 5.05. The molecule has 0 saturated heterocycles. The molecular formula is C22H25NO7S. The van der Waals surface area contributed by atoms with Gasteiger partial charge in [-0.15, -0.1) is 0 Å². The predicted octanol–water partition coefficient (Wildman–Crippen LogP) is 1.86. The van der Waals surface area contributed by atoms with Crippen LogP contribution in [0.15, 0.2) is 58.3 Å². The zero-order valence-electron chi connectivity index (χ0n) is 17.4. The summed E-state index contributed by atoms with van der Waals surface area (Å²) in [5.74, 6) is -0.461. The SMILES string of the molecule is COC(=O)CN(CC(=O)OC)C[C@H]1CCc2ccc(S(=O)(=O)c3ccccc3)cc2O1. The molecule has 0 amide bonds. The molecule has 1 aliphatic rings. The van der Waals surface area contributed by atoms with E-state index in [1.54, 1.807) is 47.4 Å². The summed E-state index contributed by atoms with van der Waals surface area (Å²) >= 11 is 0. The van der Waals surface area contributed by atoms with E-state index in [1.807, 2.05) is 0 Å². The standard InChI is InChI=1S/C22H25NO7S/c1-28-21(24)14-23(15-22(25)29-2)13-17-10-8-16-9-11-19(12-20(16)30-17)31(26,27)18-6-4-3-5-7-18/h3-7,9,11-12,17H,8,10,13-15H2,1-2H3/t17-/m1/s1. The Labute approximate surface area is 181 Å². The number of hydrogen-bond donors (Lipinski definition) is 0. The van der Waals surface area contributed by atoms with Crippen LogP contribution in [0.4, 0.5) is 0 Å². The summed E-state index contributed by atoms with van der Waals surface area (Å²) in [5, 5.41) is 0. The van der Waals surface area contributed by atoms with Gasteiger partial charge in [0.25, 0.3) is 0 Å². The lowest BCUT2D eigenvalue weighted by molar-refractivity contribution is -0.146. The molecule has 9 heteroatoms. The van der Waals surface area contributed by atoms with Gasteiger partial charge >= 0.3 is 11.9 Å². The Morgan fingerprint density at radius 2 is 1.65 bits per heavy atom. The highest BCUT2D eigenvalue weighted by atomic mass is 32.2. The number of nitrogens with zero attached hydrogens (tertiary/aromatic N) is 1. The molecule has 3 rings (SSSR count). The Bertz CT molecular complexity index is 1020. The fourth-order valence-corrected chi connectivity index (χ4v) is 4.70. The quantitative estimate of drug-likeness (QED) is 0.566. The van der Waals surface area contributed by atoms with Crippen LogP contribution >= 0.6 is 0 Å². The molecule has 2 aromatic carbocycles. The number of esters is 2. The monoisotopic (exact) mass is 447 g/mol. The minimum atomic E-state index is -3.66. The smallest absolute Gasteiger partial charge is 0.319 e. The summed E-state index contributed by atoms with van der Waals surface area (Å²) in [6.45, 7) is 0.126. The third-order valence-corrected chi connectivity index (χ3v) is 6.82. The molecule has 0 spiro atoms. The lowest BCUT2D eigenvalue weighted by Gasteiger charge is -2.30. The predicted molar refractivity (Wildman–Crippen MR) is 112 cm³/mol. The van der Waals surface area contributed by atoms with Crippen molar-refractivity contribution in [3.05, 3.63) is 54.1 Å². The molecule has 1 heterocycles. The number of benzene rings is 2. The zero-order valence-corrected chi connectivity index (χ0v) is 18.3. The fraction of sp³-hybridized carbons (Fsp3) is 0.364. The average Bonchev–Trinajstić information content (AvgIpc) is 2.78. The second-order valence-electron chi connectivity index (χ2n) is 7.19. The topological polar surface area (TPSA) is 99.2 Å². The van der Waals surface area contributed by atoms with Gasteiger partial charge in [0.15, 0.2) is 0 Å². The minimum Gasteiger partial charge on any atom is -0.489 e. The number of ether oxygens (including phenoxy) is 3. The van der Waals surface area contributed by atoms with E-state index in [0.29, 0.717) is 25.1 Å². The number of sulfone groups is 1. The molecule has 0 aromatic heterocycles. The van der Waals surface area contributed by atoms with E-state index < -0.39 is 21.8 Å². The van der Waals surface area contributed by atoms with Crippen molar-refractivity contribution in [3.63, 3.8) is 0 Å². The van der Waals surface area contributed by atoms with Crippen LogP contribution in [-0.2, 0) is 35.3 Å². The first kappa shape index (κ1) is 22.8. The Kier molecular flexibility index (Phi) is 7.29. The molecule has 0 bridgehead atoms. The molecule has 0 aliphatic carbocycles. The molecule has 31 heavy (non-hydrogen) atoms. The molecule has 0 unspecified atom stereocenters. The van der Waals surface area contributed by atoms with Gasteiger partial charge in [0.2, 0.25) is 9.84 Å². The van der Waals surface area contributed by atoms with Crippen LogP contribution < -0.4 is 4.74 Å². The van der Waals surface area contributed by atoms with Gasteiger partial charge < -0.3 is 14.2 Å². The van der Waals surface area contributed by atoms with Gasteiger partial charge in [0.1, 0.15) is 11.9 Å². The normalized spacial score (nSPS) is 15.6. The number of hydrogen-bond acceptors (Lipinski definition) is 8. The second kappa shape index (κ2) is 9.93. The van der Waals surface area contributed by atoms with Crippen LogP contribution in [-0.4, -0.2) is 65.2 Å². The first-order valence-corrected chi connectivity index (χ1v) is 11.3. The number of fused-ring (bicyclic) bond motifs is 1. The average molecular weight is 448 g/mol. The molecule has 0 fully saturated rings. The molecule has 0 N–H and O–H groups in total. The molecule has 8 nitrogen and oxygen atoms in total. The summed E-state index contributed by atoms with van der Waals surface area (Å²) in [6, 6.07) is 13.1. The maximum Gasteiger partial charge on any atom is 0.319 e. The summed E-state index contributed by atoms with van der Waals surface area (Å²) in [6.07, 6.45) is 1.03. The van der Waals surface area contributed by atoms with E-state index in [-0.39, 0.29) is 29.0 Å². The van der Waals surface area contributed by atoms with Crippen molar-refractivity contribution in [1.29, 1.82) is 0 Å². The number of methoxy groups -OCH3 is 2. The summed E-state index contributed by atoms with van der Waals surface area (Å²) < 4.78 is 41.3. The maximum atomic E-state index is 12.9. The van der Waals surface area contributed by atoms with Crippen LogP contribution in [0.25, 0.3) is 0 Å². The number of aryl methyl sites for hydroxylation is 1. The molecule has 1 atom stereocenters.